The minimum Gasteiger partial charge on any atom is -0.400 e. The molecule has 0 fully saturated rings. The summed E-state index contributed by atoms with van der Waals surface area (Å²) in [6, 6.07) is 0. The van der Waals surface area contributed by atoms with Crippen LogP contribution in [-0.2, 0) is 0 Å². The Morgan fingerprint density at radius 3 is 1.86 bits per heavy atom. The molecule has 0 atom stereocenters. The molecule has 3 nitrogen and oxygen atoms in total. The molecule has 0 aromatic heterocycles. The van der Waals surface area contributed by atoms with Crippen molar-refractivity contribution in [1.29, 1.82) is 0 Å². The normalized spacial score (nSPS) is 15.1. The van der Waals surface area contributed by atoms with Crippen molar-refractivity contribution in [1.82, 2.24) is 0 Å². The lowest BCUT2D eigenvalue weighted by Crippen LogP contribution is -2.25. The molecule has 0 unspecified atom stereocenters. The minimum absolute atomic E-state index is 0.129. The van der Waals surface area contributed by atoms with E-state index in [1.165, 1.54) is 0 Å². The smallest absolute Gasteiger partial charge is 0.0726 e. The van der Waals surface area contributed by atoms with Crippen molar-refractivity contribution in [2.75, 3.05) is 0 Å². The Morgan fingerprint density at radius 2 is 1.57 bits per heavy atom. The molecule has 0 radical (unpaired) electrons. The van der Waals surface area contributed by atoms with E-state index in [0.717, 1.165) is 11.4 Å². The molecule has 0 aromatic carbocycles. The zero-order valence-corrected chi connectivity index (χ0v) is 9.81. The molecule has 0 aliphatic carbocycles. The topological polar surface area (TPSA) is 64.4 Å². The SMILES string of the molecule is C=C(C)N=C(C)C(N)=C(N)C(C)(C)C. The number of aliphatic imine (C=N–C) groups is 1. The predicted molar refractivity (Wildman–Crippen MR) is 62.8 cm³/mol. The molecule has 0 bridgehead atoms. The van der Waals surface area contributed by atoms with E-state index < -0.39 is 0 Å². The van der Waals surface area contributed by atoms with Gasteiger partial charge < -0.3 is 11.5 Å². The Hall–Kier alpha value is -1.25. The molecule has 80 valence electrons. The molecule has 4 N–H and O–H groups in total. The van der Waals surface area contributed by atoms with Crippen LogP contribution in [0, 0.1) is 5.41 Å². The Balaban J connectivity index is 5.12. The first-order chi connectivity index (χ1) is 6.16. The number of nitrogens with zero attached hydrogens (tertiary/aromatic N) is 1. The first kappa shape index (κ1) is 12.8. The number of allylic oxidation sites excluding steroid dienone is 3. The van der Waals surface area contributed by atoms with Gasteiger partial charge in [0.25, 0.3) is 0 Å². The van der Waals surface area contributed by atoms with Crippen LogP contribution in [0.15, 0.2) is 28.7 Å². The number of rotatable bonds is 2. The van der Waals surface area contributed by atoms with Crippen molar-refractivity contribution in [3.8, 4) is 0 Å². The highest BCUT2D eigenvalue weighted by molar-refractivity contribution is 5.98. The van der Waals surface area contributed by atoms with Crippen LogP contribution in [0.4, 0.5) is 0 Å². The van der Waals surface area contributed by atoms with Gasteiger partial charge in [0, 0.05) is 16.8 Å². The predicted octanol–water partition coefficient (Wildman–Crippen LogP) is 2.16. The molecule has 0 aliphatic heterocycles. The maximum atomic E-state index is 5.92. The van der Waals surface area contributed by atoms with Gasteiger partial charge >= 0.3 is 0 Å². The van der Waals surface area contributed by atoms with E-state index in [0.29, 0.717) is 11.4 Å². The summed E-state index contributed by atoms with van der Waals surface area (Å²) in [5, 5.41) is 0. The van der Waals surface area contributed by atoms with Gasteiger partial charge in [0.05, 0.1) is 11.4 Å². The second-order valence-electron chi connectivity index (χ2n) is 4.51. The van der Waals surface area contributed by atoms with Crippen LogP contribution in [0.25, 0.3) is 0 Å². The van der Waals surface area contributed by atoms with E-state index in [-0.39, 0.29) is 5.41 Å². The molecule has 0 amide bonds. The molecular formula is C11H21N3. The average molecular weight is 195 g/mol. The van der Waals surface area contributed by atoms with E-state index in [2.05, 4.69) is 11.6 Å². The van der Waals surface area contributed by atoms with Crippen LogP contribution in [-0.4, -0.2) is 5.71 Å². The lowest BCUT2D eigenvalue weighted by Gasteiger charge is -2.21. The fourth-order valence-electron chi connectivity index (χ4n) is 0.945. The van der Waals surface area contributed by atoms with E-state index in [1.807, 2.05) is 34.6 Å². The lowest BCUT2D eigenvalue weighted by molar-refractivity contribution is 0.493. The summed E-state index contributed by atoms with van der Waals surface area (Å²) in [6.45, 7) is 13.4. The monoisotopic (exact) mass is 195 g/mol. The molecule has 0 saturated carbocycles. The third kappa shape index (κ3) is 3.64. The summed E-state index contributed by atoms with van der Waals surface area (Å²) in [5.74, 6) is 0. The van der Waals surface area contributed by atoms with Gasteiger partial charge in [-0.15, -0.1) is 0 Å². The van der Waals surface area contributed by atoms with Crippen molar-refractivity contribution >= 4 is 5.71 Å². The molecule has 0 rings (SSSR count). The number of hydrogen-bond acceptors (Lipinski definition) is 3. The van der Waals surface area contributed by atoms with Gasteiger partial charge in [0.15, 0.2) is 0 Å². The summed E-state index contributed by atoms with van der Waals surface area (Å²) in [6.07, 6.45) is 0. The summed E-state index contributed by atoms with van der Waals surface area (Å²) >= 11 is 0. The first-order valence-corrected chi connectivity index (χ1v) is 4.63. The van der Waals surface area contributed by atoms with Crippen molar-refractivity contribution in [3.63, 3.8) is 0 Å². The van der Waals surface area contributed by atoms with E-state index in [4.69, 9.17) is 11.5 Å². The van der Waals surface area contributed by atoms with E-state index in [1.54, 1.807) is 0 Å². The zero-order chi connectivity index (χ0) is 11.5. The Kier molecular flexibility index (Phi) is 3.93. The standard InChI is InChI=1S/C11H21N3/c1-7(2)14-8(3)9(12)10(13)11(4,5)6/h1,12-13H2,2-6H3. The van der Waals surface area contributed by atoms with Gasteiger partial charge in [-0.1, -0.05) is 27.4 Å². The van der Waals surface area contributed by atoms with Gasteiger partial charge in [-0.2, -0.15) is 0 Å². The van der Waals surface area contributed by atoms with E-state index in [9.17, 15) is 0 Å². The number of hydrogen-bond donors (Lipinski definition) is 2. The largest absolute Gasteiger partial charge is 0.400 e. The van der Waals surface area contributed by atoms with Crippen molar-refractivity contribution < 1.29 is 0 Å². The molecular weight excluding hydrogens is 174 g/mol. The highest BCUT2D eigenvalue weighted by Crippen LogP contribution is 2.22. The molecule has 0 saturated heterocycles. The Morgan fingerprint density at radius 1 is 1.14 bits per heavy atom. The molecule has 14 heavy (non-hydrogen) atoms. The van der Waals surface area contributed by atoms with Gasteiger partial charge in [0.2, 0.25) is 0 Å². The third-order valence-corrected chi connectivity index (χ3v) is 1.85. The summed E-state index contributed by atoms with van der Waals surface area (Å²) < 4.78 is 0. The Labute approximate surface area is 86.6 Å². The molecule has 3 heteroatoms. The van der Waals surface area contributed by atoms with Crippen LogP contribution in [0.2, 0.25) is 0 Å². The lowest BCUT2D eigenvalue weighted by atomic mass is 9.90. The average Bonchev–Trinajstić information content (AvgIpc) is 1.98. The minimum atomic E-state index is -0.129. The second kappa shape index (κ2) is 4.31. The van der Waals surface area contributed by atoms with Crippen LogP contribution in [0.5, 0.6) is 0 Å². The molecule has 0 heterocycles. The van der Waals surface area contributed by atoms with Gasteiger partial charge in [-0.3, -0.25) is 4.99 Å². The van der Waals surface area contributed by atoms with Gasteiger partial charge in [-0.25, -0.2) is 0 Å². The van der Waals surface area contributed by atoms with Crippen LogP contribution >= 0.6 is 0 Å². The first-order valence-electron chi connectivity index (χ1n) is 4.63. The zero-order valence-electron chi connectivity index (χ0n) is 9.81. The maximum Gasteiger partial charge on any atom is 0.0726 e. The van der Waals surface area contributed by atoms with Gasteiger partial charge in [0.1, 0.15) is 0 Å². The fourth-order valence-corrected chi connectivity index (χ4v) is 0.945. The van der Waals surface area contributed by atoms with Gasteiger partial charge in [-0.05, 0) is 13.8 Å². The fraction of sp³-hybridized carbons (Fsp3) is 0.545. The van der Waals surface area contributed by atoms with Crippen LogP contribution in [0.1, 0.15) is 34.6 Å². The summed E-state index contributed by atoms with van der Waals surface area (Å²) in [7, 11) is 0. The van der Waals surface area contributed by atoms with Crippen LogP contribution < -0.4 is 11.5 Å². The molecule has 0 spiro atoms. The van der Waals surface area contributed by atoms with E-state index >= 15 is 0 Å². The van der Waals surface area contributed by atoms with Crippen molar-refractivity contribution in [3.05, 3.63) is 23.7 Å². The molecule has 0 aromatic rings. The highest BCUT2D eigenvalue weighted by Gasteiger charge is 2.17. The summed E-state index contributed by atoms with van der Waals surface area (Å²) in [4.78, 5) is 4.17. The second-order valence-corrected chi connectivity index (χ2v) is 4.51. The van der Waals surface area contributed by atoms with Crippen LogP contribution in [0.3, 0.4) is 0 Å². The highest BCUT2D eigenvalue weighted by atomic mass is 14.8. The number of nitrogens with two attached hydrogens (primary N) is 2. The Bertz CT molecular complexity index is 290. The third-order valence-electron chi connectivity index (χ3n) is 1.85. The summed E-state index contributed by atoms with van der Waals surface area (Å²) in [5.41, 5.74) is 14.3. The van der Waals surface area contributed by atoms with Crippen molar-refractivity contribution in [2.24, 2.45) is 21.9 Å². The van der Waals surface area contributed by atoms with Crippen molar-refractivity contribution in [2.45, 2.75) is 34.6 Å². The molecule has 0 aliphatic rings. The quantitative estimate of drug-likeness (QED) is 0.663. The maximum absolute atomic E-state index is 5.92.